The van der Waals surface area contributed by atoms with Crippen molar-refractivity contribution in [1.29, 1.82) is 0 Å². The zero-order chi connectivity index (χ0) is 15.5. The van der Waals surface area contributed by atoms with Gasteiger partial charge in [0.05, 0.1) is 17.8 Å². The van der Waals surface area contributed by atoms with Gasteiger partial charge in [-0.2, -0.15) is 10.1 Å². The minimum absolute atomic E-state index is 0.290. The first-order valence-electron chi connectivity index (χ1n) is 6.77. The van der Waals surface area contributed by atoms with Crippen LogP contribution in [0.3, 0.4) is 0 Å². The first-order valence-corrected chi connectivity index (χ1v) is 7.15. The molecular weight excluding hydrogens is 304 g/mol. The molecule has 0 bridgehead atoms. The summed E-state index contributed by atoms with van der Waals surface area (Å²) in [6, 6.07) is 9.98. The number of aromatic nitrogens is 4. The Balaban J connectivity index is 1.92. The van der Waals surface area contributed by atoms with Gasteiger partial charge in [0, 0.05) is 7.11 Å². The van der Waals surface area contributed by atoms with Gasteiger partial charge in [0.1, 0.15) is 11.8 Å². The molecule has 22 heavy (non-hydrogen) atoms. The number of ether oxygens (including phenoxy) is 1. The normalized spacial score (nSPS) is 11.0. The largest absolute Gasteiger partial charge is 0.377 e. The molecule has 0 fully saturated rings. The molecule has 0 N–H and O–H groups in total. The predicted octanol–water partition coefficient (Wildman–Crippen LogP) is 3.09. The molecule has 0 atom stereocenters. The van der Waals surface area contributed by atoms with Gasteiger partial charge in [-0.3, -0.25) is 0 Å². The number of benzene rings is 1. The average Bonchev–Trinajstić information content (AvgIpc) is 3.06. The standard InChI is InChI=1S/C15H15ClN4O2/c1-10-13(15-17-12(9-21-2)19-22-15)14(16)20(18-10)8-11-6-4-3-5-7-11/h3-7H,8-9H2,1-2H3. The molecule has 2 aromatic heterocycles. The Morgan fingerprint density at radius 3 is 2.77 bits per heavy atom. The van der Waals surface area contributed by atoms with Crippen molar-refractivity contribution in [2.24, 2.45) is 0 Å². The van der Waals surface area contributed by atoms with E-state index in [1.165, 1.54) is 0 Å². The Bertz CT molecular complexity index is 767. The molecule has 0 aliphatic heterocycles. The van der Waals surface area contributed by atoms with Crippen molar-refractivity contribution in [3.8, 4) is 11.5 Å². The Morgan fingerprint density at radius 2 is 2.05 bits per heavy atom. The van der Waals surface area contributed by atoms with Crippen LogP contribution in [0.25, 0.3) is 11.5 Å². The zero-order valence-electron chi connectivity index (χ0n) is 12.3. The maximum absolute atomic E-state index is 6.44. The minimum Gasteiger partial charge on any atom is -0.377 e. The number of hydrogen-bond donors (Lipinski definition) is 0. The zero-order valence-corrected chi connectivity index (χ0v) is 13.0. The number of methoxy groups -OCH3 is 1. The van der Waals surface area contributed by atoms with Crippen LogP contribution in [0.4, 0.5) is 0 Å². The van der Waals surface area contributed by atoms with Crippen molar-refractivity contribution in [1.82, 2.24) is 19.9 Å². The lowest BCUT2D eigenvalue weighted by Gasteiger charge is -2.03. The number of aryl methyl sites for hydroxylation is 1. The third kappa shape index (κ3) is 2.88. The van der Waals surface area contributed by atoms with E-state index in [1.54, 1.807) is 11.8 Å². The van der Waals surface area contributed by atoms with Crippen LogP contribution in [0, 0.1) is 6.92 Å². The number of nitrogens with zero attached hydrogens (tertiary/aromatic N) is 4. The lowest BCUT2D eigenvalue weighted by Crippen LogP contribution is -2.01. The lowest BCUT2D eigenvalue weighted by atomic mass is 10.2. The molecule has 0 unspecified atom stereocenters. The number of halogens is 1. The highest BCUT2D eigenvalue weighted by Crippen LogP contribution is 2.30. The van der Waals surface area contributed by atoms with Crippen LogP contribution in [0.5, 0.6) is 0 Å². The van der Waals surface area contributed by atoms with Gasteiger partial charge in [-0.1, -0.05) is 47.1 Å². The average molecular weight is 319 g/mol. The second kappa shape index (κ2) is 6.29. The van der Waals surface area contributed by atoms with Crippen molar-refractivity contribution in [3.63, 3.8) is 0 Å². The minimum atomic E-state index is 0.290. The fourth-order valence-electron chi connectivity index (χ4n) is 2.20. The summed E-state index contributed by atoms with van der Waals surface area (Å²) < 4.78 is 12.0. The fraction of sp³-hybridized carbons (Fsp3) is 0.267. The van der Waals surface area contributed by atoms with Gasteiger partial charge in [-0.25, -0.2) is 4.68 Å². The van der Waals surface area contributed by atoms with Crippen LogP contribution in [-0.4, -0.2) is 27.0 Å². The summed E-state index contributed by atoms with van der Waals surface area (Å²) in [5, 5.41) is 8.79. The van der Waals surface area contributed by atoms with Gasteiger partial charge < -0.3 is 9.26 Å². The Morgan fingerprint density at radius 1 is 1.27 bits per heavy atom. The molecule has 6 nitrogen and oxygen atoms in total. The first-order chi connectivity index (χ1) is 10.7. The van der Waals surface area contributed by atoms with Gasteiger partial charge in [-0.15, -0.1) is 0 Å². The summed E-state index contributed by atoms with van der Waals surface area (Å²) in [6.45, 7) is 2.74. The molecule has 0 aliphatic carbocycles. The second-order valence-corrected chi connectivity index (χ2v) is 5.20. The predicted molar refractivity (Wildman–Crippen MR) is 81.5 cm³/mol. The second-order valence-electron chi connectivity index (χ2n) is 4.84. The van der Waals surface area contributed by atoms with Gasteiger partial charge in [0.25, 0.3) is 5.89 Å². The van der Waals surface area contributed by atoms with E-state index < -0.39 is 0 Å². The highest BCUT2D eigenvalue weighted by Gasteiger charge is 2.21. The summed E-state index contributed by atoms with van der Waals surface area (Å²) in [6.07, 6.45) is 0. The van der Waals surface area contributed by atoms with Crippen LogP contribution in [0.1, 0.15) is 17.1 Å². The molecule has 0 saturated carbocycles. The monoisotopic (exact) mass is 318 g/mol. The summed E-state index contributed by atoms with van der Waals surface area (Å²) in [7, 11) is 1.58. The Kier molecular flexibility index (Phi) is 4.22. The van der Waals surface area contributed by atoms with Crippen LogP contribution in [0.2, 0.25) is 5.15 Å². The molecule has 3 aromatic rings. The molecule has 3 rings (SSSR count). The van der Waals surface area contributed by atoms with E-state index in [-0.39, 0.29) is 6.61 Å². The lowest BCUT2D eigenvalue weighted by molar-refractivity contribution is 0.174. The highest BCUT2D eigenvalue weighted by molar-refractivity contribution is 6.32. The van der Waals surface area contributed by atoms with E-state index in [1.807, 2.05) is 37.3 Å². The van der Waals surface area contributed by atoms with Crippen LogP contribution < -0.4 is 0 Å². The number of rotatable bonds is 5. The quantitative estimate of drug-likeness (QED) is 0.723. The van der Waals surface area contributed by atoms with Crippen molar-refractivity contribution >= 4 is 11.6 Å². The SMILES string of the molecule is COCc1noc(-c2c(C)nn(Cc3ccccc3)c2Cl)n1. The van der Waals surface area contributed by atoms with Crippen LogP contribution in [0.15, 0.2) is 34.9 Å². The summed E-state index contributed by atoms with van der Waals surface area (Å²) in [4.78, 5) is 4.27. The van der Waals surface area contributed by atoms with E-state index >= 15 is 0 Å². The van der Waals surface area contributed by atoms with E-state index in [0.717, 1.165) is 11.3 Å². The molecule has 0 spiro atoms. The fourth-order valence-corrected chi connectivity index (χ4v) is 2.52. The van der Waals surface area contributed by atoms with E-state index in [0.29, 0.717) is 29.0 Å². The van der Waals surface area contributed by atoms with Crippen LogP contribution >= 0.6 is 11.6 Å². The molecule has 2 heterocycles. The molecule has 0 saturated heterocycles. The number of hydrogen-bond acceptors (Lipinski definition) is 5. The topological polar surface area (TPSA) is 66.0 Å². The van der Waals surface area contributed by atoms with E-state index in [4.69, 9.17) is 20.9 Å². The molecule has 0 radical (unpaired) electrons. The summed E-state index contributed by atoms with van der Waals surface area (Å²) in [5.74, 6) is 0.831. The van der Waals surface area contributed by atoms with E-state index in [9.17, 15) is 0 Å². The summed E-state index contributed by atoms with van der Waals surface area (Å²) >= 11 is 6.44. The molecular formula is C15H15ClN4O2. The third-order valence-electron chi connectivity index (χ3n) is 3.20. The Hall–Kier alpha value is -2.18. The maximum atomic E-state index is 6.44. The van der Waals surface area contributed by atoms with Crippen LogP contribution in [-0.2, 0) is 17.9 Å². The molecule has 0 amide bonds. The molecule has 7 heteroatoms. The van der Waals surface area contributed by atoms with Gasteiger partial charge in [-0.05, 0) is 12.5 Å². The summed E-state index contributed by atoms with van der Waals surface area (Å²) in [5.41, 5.74) is 2.52. The van der Waals surface area contributed by atoms with Crippen molar-refractivity contribution in [3.05, 3.63) is 52.6 Å². The molecule has 1 aromatic carbocycles. The molecule has 114 valence electrons. The van der Waals surface area contributed by atoms with Crippen molar-refractivity contribution in [2.45, 2.75) is 20.1 Å². The van der Waals surface area contributed by atoms with Gasteiger partial charge >= 0.3 is 0 Å². The highest BCUT2D eigenvalue weighted by atomic mass is 35.5. The van der Waals surface area contributed by atoms with Crippen molar-refractivity contribution < 1.29 is 9.26 Å². The third-order valence-corrected chi connectivity index (χ3v) is 3.58. The first kappa shape index (κ1) is 14.7. The smallest absolute Gasteiger partial charge is 0.263 e. The van der Waals surface area contributed by atoms with E-state index in [2.05, 4.69) is 15.2 Å². The molecule has 0 aliphatic rings. The van der Waals surface area contributed by atoms with Gasteiger partial charge in [0.2, 0.25) is 0 Å². The van der Waals surface area contributed by atoms with Crippen molar-refractivity contribution in [2.75, 3.05) is 7.11 Å². The van der Waals surface area contributed by atoms with Gasteiger partial charge in [0.15, 0.2) is 5.82 Å². The Labute approximate surface area is 132 Å². The maximum Gasteiger partial charge on any atom is 0.263 e.